The SMILES string of the molecule is CCOC[C@@H](CC(C)C)NC(=O)[C@@H]1CNC[C@H](C(=O)N(c2ccc3c(c2)N(CCCCOC)C(=O)C(C)(C)O3)C2CC2)C1. The molecule has 0 spiro atoms. The van der Waals surface area contributed by atoms with E-state index in [1.165, 1.54) is 0 Å². The average Bonchev–Trinajstić information content (AvgIpc) is 3.81. The first-order valence-corrected chi connectivity index (χ1v) is 16.1. The second-order valence-electron chi connectivity index (χ2n) is 13.1. The van der Waals surface area contributed by atoms with Crippen LogP contribution in [0.5, 0.6) is 5.75 Å². The molecule has 0 bridgehead atoms. The molecule has 1 aromatic carbocycles. The van der Waals surface area contributed by atoms with Crippen LogP contribution in [0.2, 0.25) is 0 Å². The number of piperidine rings is 1. The maximum atomic E-state index is 14.1. The second-order valence-corrected chi connectivity index (χ2v) is 13.1. The van der Waals surface area contributed by atoms with E-state index in [0.29, 0.717) is 63.2 Å². The van der Waals surface area contributed by atoms with Crippen molar-refractivity contribution in [2.75, 3.05) is 56.4 Å². The number of carbonyl (C=O) groups excluding carboxylic acids is 3. The minimum Gasteiger partial charge on any atom is -0.476 e. The molecule has 2 heterocycles. The van der Waals surface area contributed by atoms with Crippen LogP contribution >= 0.6 is 0 Å². The average molecular weight is 601 g/mol. The summed E-state index contributed by atoms with van der Waals surface area (Å²) in [4.78, 5) is 44.6. The van der Waals surface area contributed by atoms with E-state index < -0.39 is 5.60 Å². The van der Waals surface area contributed by atoms with Gasteiger partial charge in [0, 0.05) is 51.7 Å². The zero-order chi connectivity index (χ0) is 31.1. The third-order valence-electron chi connectivity index (χ3n) is 8.46. The fraction of sp³-hybridized carbons (Fsp3) is 0.727. The number of anilines is 2. The Bertz CT molecular complexity index is 1120. The maximum absolute atomic E-state index is 14.1. The first-order chi connectivity index (χ1) is 20.6. The van der Waals surface area contributed by atoms with E-state index >= 15 is 0 Å². The Labute approximate surface area is 257 Å². The van der Waals surface area contributed by atoms with Crippen molar-refractivity contribution in [1.29, 1.82) is 0 Å². The van der Waals surface area contributed by atoms with E-state index in [9.17, 15) is 14.4 Å². The van der Waals surface area contributed by atoms with Crippen LogP contribution in [0.1, 0.15) is 73.1 Å². The molecule has 4 rings (SSSR count). The van der Waals surface area contributed by atoms with E-state index in [4.69, 9.17) is 14.2 Å². The third kappa shape index (κ3) is 8.48. The lowest BCUT2D eigenvalue weighted by Crippen LogP contribution is -2.53. The summed E-state index contributed by atoms with van der Waals surface area (Å²) in [7, 11) is 1.68. The summed E-state index contributed by atoms with van der Waals surface area (Å²) in [5.41, 5.74) is 0.494. The Balaban J connectivity index is 1.50. The first kappa shape index (κ1) is 33.2. The summed E-state index contributed by atoms with van der Waals surface area (Å²) >= 11 is 0. The van der Waals surface area contributed by atoms with Gasteiger partial charge in [-0.15, -0.1) is 0 Å². The van der Waals surface area contributed by atoms with Crippen LogP contribution in [0.15, 0.2) is 18.2 Å². The Morgan fingerprint density at radius 1 is 1.19 bits per heavy atom. The highest BCUT2D eigenvalue weighted by atomic mass is 16.5. The molecular formula is C33H52N4O6. The van der Waals surface area contributed by atoms with Crippen molar-refractivity contribution in [3.8, 4) is 5.75 Å². The van der Waals surface area contributed by atoms with Gasteiger partial charge >= 0.3 is 0 Å². The van der Waals surface area contributed by atoms with Crippen LogP contribution in [-0.4, -0.2) is 82.0 Å². The van der Waals surface area contributed by atoms with E-state index in [1.807, 2.05) is 30.0 Å². The normalized spacial score (nSPS) is 22.1. The van der Waals surface area contributed by atoms with Crippen molar-refractivity contribution in [2.24, 2.45) is 17.8 Å². The number of hydrogen-bond donors (Lipinski definition) is 2. The van der Waals surface area contributed by atoms with E-state index in [2.05, 4.69) is 24.5 Å². The van der Waals surface area contributed by atoms with Crippen molar-refractivity contribution in [2.45, 2.75) is 90.8 Å². The number of rotatable bonds is 15. The molecule has 3 amide bonds. The van der Waals surface area contributed by atoms with E-state index in [0.717, 1.165) is 37.8 Å². The van der Waals surface area contributed by atoms with E-state index in [1.54, 1.807) is 25.9 Å². The van der Waals surface area contributed by atoms with Crippen molar-refractivity contribution in [1.82, 2.24) is 10.6 Å². The third-order valence-corrected chi connectivity index (χ3v) is 8.46. The van der Waals surface area contributed by atoms with Gasteiger partial charge in [0.15, 0.2) is 5.60 Å². The number of methoxy groups -OCH3 is 1. The summed E-state index contributed by atoms with van der Waals surface area (Å²) in [6, 6.07) is 5.81. The molecule has 43 heavy (non-hydrogen) atoms. The molecule has 2 aliphatic heterocycles. The second kappa shape index (κ2) is 14.9. The summed E-state index contributed by atoms with van der Waals surface area (Å²) in [5, 5.41) is 6.55. The number of fused-ring (bicyclic) bond motifs is 1. The number of carbonyl (C=O) groups is 3. The maximum Gasteiger partial charge on any atom is 0.270 e. The van der Waals surface area contributed by atoms with Crippen molar-refractivity contribution in [3.05, 3.63) is 18.2 Å². The first-order valence-electron chi connectivity index (χ1n) is 16.1. The minimum absolute atomic E-state index is 0.0236. The van der Waals surface area contributed by atoms with Gasteiger partial charge in [-0.25, -0.2) is 0 Å². The molecule has 0 radical (unpaired) electrons. The number of unbranched alkanes of at least 4 members (excludes halogenated alkanes) is 1. The molecular weight excluding hydrogens is 548 g/mol. The predicted octanol–water partition coefficient (Wildman–Crippen LogP) is 3.91. The molecule has 1 saturated heterocycles. The number of nitrogens with one attached hydrogen (secondary N) is 2. The molecule has 2 N–H and O–H groups in total. The van der Waals surface area contributed by atoms with Gasteiger partial charge in [-0.3, -0.25) is 14.4 Å². The molecule has 2 fully saturated rings. The van der Waals surface area contributed by atoms with Gasteiger partial charge in [0.25, 0.3) is 5.91 Å². The highest BCUT2D eigenvalue weighted by Gasteiger charge is 2.43. The van der Waals surface area contributed by atoms with Gasteiger partial charge < -0.3 is 34.6 Å². The van der Waals surface area contributed by atoms with Crippen LogP contribution in [0.3, 0.4) is 0 Å². The van der Waals surface area contributed by atoms with Gasteiger partial charge in [-0.2, -0.15) is 0 Å². The van der Waals surface area contributed by atoms with Crippen LogP contribution in [0.25, 0.3) is 0 Å². The van der Waals surface area contributed by atoms with Gasteiger partial charge in [0.05, 0.1) is 30.2 Å². The van der Waals surface area contributed by atoms with Crippen molar-refractivity contribution >= 4 is 29.1 Å². The minimum atomic E-state index is -0.970. The number of benzene rings is 1. The van der Waals surface area contributed by atoms with Crippen LogP contribution in [0.4, 0.5) is 11.4 Å². The molecule has 3 atom stereocenters. The number of amides is 3. The Morgan fingerprint density at radius 2 is 1.93 bits per heavy atom. The quantitative estimate of drug-likeness (QED) is 0.294. The fourth-order valence-corrected chi connectivity index (χ4v) is 6.14. The Kier molecular flexibility index (Phi) is 11.5. The summed E-state index contributed by atoms with van der Waals surface area (Å²) in [5.74, 6) is 0.367. The number of nitrogens with zero attached hydrogens (tertiary/aromatic N) is 2. The summed E-state index contributed by atoms with van der Waals surface area (Å²) in [6.07, 6.45) is 4.85. The van der Waals surface area contributed by atoms with Gasteiger partial charge in [-0.05, 0) is 83.4 Å². The Morgan fingerprint density at radius 3 is 2.60 bits per heavy atom. The van der Waals surface area contributed by atoms with Crippen LogP contribution < -0.4 is 25.2 Å². The Hall–Kier alpha value is -2.69. The standard InChI is InChI=1S/C33H52N4O6/c1-7-42-21-25(16-22(2)3)35-30(38)23-17-24(20-34-19-23)31(39)37(26-10-11-26)27-12-13-29-28(18-27)36(14-8-9-15-41-6)32(40)33(4,5)43-29/h12-13,18,22-26,34H,7-11,14-17,19-21H2,1-6H3,(H,35,38)/t23-,24+,25+/m0/s1. The van der Waals surface area contributed by atoms with Crippen molar-refractivity contribution < 1.29 is 28.6 Å². The lowest BCUT2D eigenvalue weighted by Gasteiger charge is -2.40. The molecule has 3 aliphatic rings. The zero-order valence-electron chi connectivity index (χ0n) is 26.9. The zero-order valence-corrected chi connectivity index (χ0v) is 26.9. The highest BCUT2D eigenvalue weighted by molar-refractivity contribution is 6.04. The highest BCUT2D eigenvalue weighted by Crippen LogP contribution is 2.43. The van der Waals surface area contributed by atoms with Gasteiger partial charge in [0.2, 0.25) is 11.8 Å². The molecule has 0 unspecified atom stereocenters. The molecule has 10 heteroatoms. The van der Waals surface area contributed by atoms with Crippen LogP contribution in [-0.2, 0) is 23.9 Å². The molecule has 1 aromatic rings. The lowest BCUT2D eigenvalue weighted by atomic mass is 9.88. The number of ether oxygens (including phenoxy) is 3. The molecule has 240 valence electrons. The predicted molar refractivity (Wildman–Crippen MR) is 167 cm³/mol. The molecule has 1 saturated carbocycles. The van der Waals surface area contributed by atoms with Crippen LogP contribution in [0, 0.1) is 17.8 Å². The largest absolute Gasteiger partial charge is 0.476 e. The molecule has 1 aliphatic carbocycles. The van der Waals surface area contributed by atoms with Crippen molar-refractivity contribution in [3.63, 3.8) is 0 Å². The summed E-state index contributed by atoms with van der Waals surface area (Å²) in [6.45, 7) is 13.2. The van der Waals surface area contributed by atoms with Gasteiger partial charge in [-0.1, -0.05) is 13.8 Å². The lowest BCUT2D eigenvalue weighted by molar-refractivity contribution is -0.132. The smallest absolute Gasteiger partial charge is 0.270 e. The topological polar surface area (TPSA) is 109 Å². The van der Waals surface area contributed by atoms with Gasteiger partial charge in [0.1, 0.15) is 5.75 Å². The van der Waals surface area contributed by atoms with E-state index in [-0.39, 0.29) is 41.6 Å². The number of hydrogen-bond acceptors (Lipinski definition) is 7. The monoisotopic (exact) mass is 600 g/mol. The molecule has 0 aromatic heterocycles. The summed E-state index contributed by atoms with van der Waals surface area (Å²) < 4.78 is 16.9. The molecule has 10 nitrogen and oxygen atoms in total. The fourth-order valence-electron chi connectivity index (χ4n) is 6.14.